The quantitative estimate of drug-likeness (QED) is 0.704. The molecule has 0 aliphatic carbocycles. The minimum atomic E-state index is -0.396. The largest absolute Gasteiger partial charge is 0.249 e. The smallest absolute Gasteiger partial charge is 0.159 e. The van der Waals surface area contributed by atoms with Crippen LogP contribution in [0, 0.1) is 17.1 Å². The van der Waals surface area contributed by atoms with Gasteiger partial charge in [0, 0.05) is 12.6 Å². The first-order chi connectivity index (χ1) is 7.22. The summed E-state index contributed by atoms with van der Waals surface area (Å²) >= 11 is 0. The average Bonchev–Trinajstić information content (AvgIpc) is 2.64. The number of halogens is 1. The van der Waals surface area contributed by atoms with Crippen LogP contribution in [-0.4, -0.2) is 14.8 Å². The van der Waals surface area contributed by atoms with Crippen LogP contribution in [0.25, 0.3) is 11.4 Å². The first kappa shape index (κ1) is 9.34. The summed E-state index contributed by atoms with van der Waals surface area (Å²) in [6.45, 7) is 0. The minimum absolute atomic E-state index is 0.382. The van der Waals surface area contributed by atoms with Gasteiger partial charge < -0.3 is 0 Å². The van der Waals surface area contributed by atoms with E-state index in [9.17, 15) is 4.39 Å². The van der Waals surface area contributed by atoms with Gasteiger partial charge in [-0.15, -0.1) is 0 Å². The van der Waals surface area contributed by atoms with Crippen molar-refractivity contribution < 1.29 is 4.39 Å². The number of hydrogen-bond acceptors (Lipinski definition) is 3. The maximum Gasteiger partial charge on any atom is 0.159 e. The molecule has 1 aromatic heterocycles. The Morgan fingerprint density at radius 3 is 2.87 bits per heavy atom. The fourth-order valence-electron chi connectivity index (χ4n) is 1.34. The predicted octanol–water partition coefficient (Wildman–Crippen LogP) is 1.49. The molecule has 0 spiro atoms. The van der Waals surface area contributed by atoms with E-state index in [1.807, 2.05) is 6.07 Å². The van der Waals surface area contributed by atoms with Gasteiger partial charge in [0.1, 0.15) is 12.1 Å². The third-order valence-electron chi connectivity index (χ3n) is 2.05. The fourth-order valence-corrected chi connectivity index (χ4v) is 1.34. The Balaban J connectivity index is 2.67. The minimum Gasteiger partial charge on any atom is -0.249 e. The molecule has 0 aliphatic heterocycles. The van der Waals surface area contributed by atoms with Crippen molar-refractivity contribution in [2.24, 2.45) is 7.05 Å². The Kier molecular flexibility index (Phi) is 2.18. The summed E-state index contributed by atoms with van der Waals surface area (Å²) in [5.41, 5.74) is 0.838. The van der Waals surface area contributed by atoms with E-state index in [4.69, 9.17) is 5.26 Å². The Morgan fingerprint density at radius 1 is 1.47 bits per heavy atom. The molecular formula is C10H7FN4. The van der Waals surface area contributed by atoms with Crippen molar-refractivity contribution in [3.63, 3.8) is 0 Å². The lowest BCUT2D eigenvalue weighted by Gasteiger charge is -2.02. The highest BCUT2D eigenvalue weighted by molar-refractivity contribution is 5.64. The molecule has 0 bridgehead atoms. The molecule has 4 nitrogen and oxygen atoms in total. The second-order valence-corrected chi connectivity index (χ2v) is 3.01. The van der Waals surface area contributed by atoms with Crippen LogP contribution in [0.4, 0.5) is 4.39 Å². The third-order valence-corrected chi connectivity index (χ3v) is 2.05. The van der Waals surface area contributed by atoms with E-state index >= 15 is 0 Å². The van der Waals surface area contributed by atoms with E-state index in [0.717, 1.165) is 0 Å². The van der Waals surface area contributed by atoms with E-state index in [1.54, 1.807) is 7.05 Å². The van der Waals surface area contributed by atoms with Crippen LogP contribution in [-0.2, 0) is 7.05 Å². The summed E-state index contributed by atoms with van der Waals surface area (Å²) in [4.78, 5) is 3.97. The fraction of sp³-hybridized carbons (Fsp3) is 0.100. The molecule has 0 unspecified atom stereocenters. The summed E-state index contributed by atoms with van der Waals surface area (Å²) in [7, 11) is 1.69. The second kappa shape index (κ2) is 3.50. The van der Waals surface area contributed by atoms with Crippen molar-refractivity contribution >= 4 is 0 Å². The van der Waals surface area contributed by atoms with Crippen LogP contribution in [0.5, 0.6) is 0 Å². The van der Waals surface area contributed by atoms with Gasteiger partial charge in [-0.2, -0.15) is 10.4 Å². The van der Waals surface area contributed by atoms with Crippen LogP contribution in [0.15, 0.2) is 24.5 Å². The molecule has 74 valence electrons. The SMILES string of the molecule is Cn1ncnc1-c1cc(F)ccc1C#N. The Morgan fingerprint density at radius 2 is 2.27 bits per heavy atom. The van der Waals surface area contributed by atoms with E-state index in [1.165, 1.54) is 29.2 Å². The first-order valence-electron chi connectivity index (χ1n) is 4.26. The molecule has 0 saturated carbocycles. The highest BCUT2D eigenvalue weighted by atomic mass is 19.1. The van der Waals surface area contributed by atoms with Gasteiger partial charge in [0.2, 0.25) is 0 Å². The lowest BCUT2D eigenvalue weighted by molar-refractivity contribution is 0.627. The Labute approximate surface area is 85.6 Å². The monoisotopic (exact) mass is 202 g/mol. The van der Waals surface area contributed by atoms with Crippen molar-refractivity contribution in [2.45, 2.75) is 0 Å². The Hall–Kier alpha value is -2.22. The molecule has 0 saturated heterocycles. The van der Waals surface area contributed by atoms with Gasteiger partial charge in [-0.1, -0.05) is 0 Å². The van der Waals surface area contributed by atoms with Crippen molar-refractivity contribution in [3.05, 3.63) is 35.9 Å². The molecule has 15 heavy (non-hydrogen) atoms. The summed E-state index contributed by atoms with van der Waals surface area (Å²) in [6.07, 6.45) is 1.36. The average molecular weight is 202 g/mol. The number of rotatable bonds is 1. The summed E-state index contributed by atoms with van der Waals surface area (Å²) < 4.78 is 14.5. The van der Waals surface area contributed by atoms with Gasteiger partial charge in [-0.25, -0.2) is 14.1 Å². The summed E-state index contributed by atoms with van der Waals surface area (Å²) in [5, 5.41) is 12.7. The molecule has 2 aromatic rings. The molecule has 0 radical (unpaired) electrons. The van der Waals surface area contributed by atoms with Gasteiger partial charge >= 0.3 is 0 Å². The normalized spacial score (nSPS) is 9.93. The van der Waals surface area contributed by atoms with Crippen LogP contribution in [0.1, 0.15) is 5.56 Å². The predicted molar refractivity (Wildman–Crippen MR) is 51.1 cm³/mol. The lowest BCUT2D eigenvalue weighted by Crippen LogP contribution is -1.97. The maximum atomic E-state index is 13.0. The van der Waals surface area contributed by atoms with Gasteiger partial charge in [0.15, 0.2) is 5.82 Å². The maximum absolute atomic E-state index is 13.0. The van der Waals surface area contributed by atoms with Gasteiger partial charge in [0.25, 0.3) is 0 Å². The first-order valence-corrected chi connectivity index (χ1v) is 4.26. The second-order valence-electron chi connectivity index (χ2n) is 3.01. The zero-order chi connectivity index (χ0) is 10.8. The topological polar surface area (TPSA) is 54.5 Å². The van der Waals surface area contributed by atoms with Crippen LogP contribution in [0.3, 0.4) is 0 Å². The molecule has 0 fully saturated rings. The highest BCUT2D eigenvalue weighted by Crippen LogP contribution is 2.21. The molecular weight excluding hydrogens is 195 g/mol. The third kappa shape index (κ3) is 1.57. The number of hydrogen-bond donors (Lipinski definition) is 0. The molecule has 1 aromatic carbocycles. The van der Waals surface area contributed by atoms with Crippen molar-refractivity contribution in [3.8, 4) is 17.5 Å². The standard InChI is InChI=1S/C10H7FN4/c1-15-10(13-6-14-15)9-4-8(11)3-2-7(9)5-12/h2-4,6H,1H3. The van der Waals surface area contributed by atoms with Gasteiger partial charge in [-0.05, 0) is 18.2 Å². The zero-order valence-corrected chi connectivity index (χ0v) is 7.98. The lowest BCUT2D eigenvalue weighted by atomic mass is 10.1. The van der Waals surface area contributed by atoms with Crippen molar-refractivity contribution in [2.75, 3.05) is 0 Å². The van der Waals surface area contributed by atoms with E-state index in [2.05, 4.69) is 10.1 Å². The number of nitriles is 1. The van der Waals surface area contributed by atoms with Crippen LogP contribution in [0.2, 0.25) is 0 Å². The molecule has 5 heteroatoms. The number of benzene rings is 1. The van der Waals surface area contributed by atoms with Gasteiger partial charge in [0.05, 0.1) is 11.6 Å². The summed E-state index contributed by atoms with van der Waals surface area (Å²) in [5.74, 6) is 0.0815. The molecule has 2 rings (SSSR count). The zero-order valence-electron chi connectivity index (χ0n) is 7.98. The number of nitrogens with zero attached hydrogens (tertiary/aromatic N) is 4. The molecule has 0 N–H and O–H groups in total. The van der Waals surface area contributed by atoms with E-state index in [0.29, 0.717) is 17.0 Å². The van der Waals surface area contributed by atoms with Crippen molar-refractivity contribution in [1.82, 2.24) is 14.8 Å². The molecule has 0 amide bonds. The molecule has 0 atom stereocenters. The van der Waals surface area contributed by atoms with E-state index in [-0.39, 0.29) is 0 Å². The van der Waals surface area contributed by atoms with Gasteiger partial charge in [-0.3, -0.25) is 0 Å². The van der Waals surface area contributed by atoms with E-state index < -0.39 is 5.82 Å². The van der Waals surface area contributed by atoms with Crippen LogP contribution >= 0.6 is 0 Å². The summed E-state index contributed by atoms with van der Waals surface area (Å²) in [6, 6.07) is 5.95. The molecule has 1 heterocycles. The highest BCUT2D eigenvalue weighted by Gasteiger charge is 2.10. The van der Waals surface area contributed by atoms with Crippen molar-refractivity contribution in [1.29, 1.82) is 5.26 Å². The number of aromatic nitrogens is 3. The van der Waals surface area contributed by atoms with Crippen LogP contribution < -0.4 is 0 Å². The number of aryl methyl sites for hydroxylation is 1. The molecule has 0 aliphatic rings. The Bertz CT molecular complexity index is 539.